The van der Waals surface area contributed by atoms with Gasteiger partial charge in [0.05, 0.1) is 25.9 Å². The zero-order valence-electron chi connectivity index (χ0n) is 17.6. The molecule has 1 fully saturated rings. The molecule has 0 bridgehead atoms. The van der Waals surface area contributed by atoms with E-state index in [4.69, 9.17) is 0 Å². The van der Waals surface area contributed by atoms with Crippen molar-refractivity contribution in [3.63, 3.8) is 0 Å². The molecule has 0 spiro atoms. The Labute approximate surface area is 206 Å². The maximum Gasteiger partial charge on any atom is 0.0639 e. The number of β-amino-alcohol motifs (C(OH)–C–C–N with tert-alkyl or cyclic N) is 4. The average molecular weight is 574 g/mol. The summed E-state index contributed by atoms with van der Waals surface area (Å²) in [4.78, 5) is 8.98. The van der Waals surface area contributed by atoms with E-state index in [0.29, 0.717) is 26.2 Å². The number of hydrogen-bond acceptors (Lipinski definition) is 8. The Kier molecular flexibility index (Phi) is 30.2. The van der Waals surface area contributed by atoms with Gasteiger partial charge in [-0.25, -0.2) is 0 Å². The summed E-state index contributed by atoms with van der Waals surface area (Å²) in [5.41, 5.74) is 0. The van der Waals surface area contributed by atoms with Crippen molar-refractivity contribution in [2.45, 2.75) is 13.0 Å². The molecule has 1 atom stereocenters. The Morgan fingerprint density at radius 2 is 0.828 bits per heavy atom. The third-order valence-electron chi connectivity index (χ3n) is 4.70. The van der Waals surface area contributed by atoms with Crippen molar-refractivity contribution in [2.24, 2.45) is 0 Å². The molecular formula is C17H44GdN4O7. The molecule has 29 heavy (non-hydrogen) atoms. The van der Waals surface area contributed by atoms with Gasteiger partial charge < -0.3 is 36.9 Å². The Bertz CT molecular complexity index is 314. The normalized spacial score (nSPS) is 19.3. The molecule has 0 radical (unpaired) electrons. The van der Waals surface area contributed by atoms with Gasteiger partial charge in [-0.2, -0.15) is 0 Å². The van der Waals surface area contributed by atoms with E-state index in [1.165, 1.54) is 0 Å². The number of nitrogens with zero attached hydrogens (tertiary/aromatic N) is 4. The summed E-state index contributed by atoms with van der Waals surface area (Å²) in [6.45, 7) is 11.6. The molecule has 11 nitrogen and oxygen atoms in total. The molecule has 0 aromatic carbocycles. The quantitative estimate of drug-likeness (QED) is 0.222. The minimum Gasteiger partial charge on any atom is -0.412 e. The van der Waals surface area contributed by atoms with Crippen molar-refractivity contribution >= 4 is 0 Å². The van der Waals surface area contributed by atoms with Gasteiger partial charge in [0.25, 0.3) is 0 Å². The van der Waals surface area contributed by atoms with E-state index in [0.717, 1.165) is 52.4 Å². The second kappa shape index (κ2) is 23.5. The fourth-order valence-electron chi connectivity index (χ4n) is 3.23. The zero-order chi connectivity index (χ0) is 18.5. The molecule has 1 saturated heterocycles. The van der Waals surface area contributed by atoms with Crippen LogP contribution in [0.4, 0.5) is 0 Å². The third-order valence-corrected chi connectivity index (χ3v) is 4.70. The van der Waals surface area contributed by atoms with Crippen molar-refractivity contribution in [1.29, 1.82) is 0 Å². The molecule has 0 aromatic rings. The molecule has 1 aliphatic rings. The minimum atomic E-state index is -0.370. The van der Waals surface area contributed by atoms with E-state index in [-0.39, 0.29) is 82.3 Å². The molecule has 1 unspecified atom stereocenters. The fraction of sp³-hybridized carbons (Fsp3) is 1.00. The first-order chi connectivity index (χ1) is 12.1. The van der Waals surface area contributed by atoms with Crippen molar-refractivity contribution in [3.05, 3.63) is 0 Å². The van der Waals surface area contributed by atoms with Crippen molar-refractivity contribution in [3.8, 4) is 0 Å². The summed E-state index contributed by atoms with van der Waals surface area (Å²) in [5.74, 6) is 0. The molecule has 0 amide bonds. The molecule has 1 heterocycles. The van der Waals surface area contributed by atoms with E-state index >= 15 is 0 Å². The van der Waals surface area contributed by atoms with E-state index in [9.17, 15) is 20.4 Å². The summed E-state index contributed by atoms with van der Waals surface area (Å²) in [6, 6.07) is 0. The van der Waals surface area contributed by atoms with Crippen LogP contribution >= 0.6 is 0 Å². The molecule has 1 aliphatic heterocycles. The largest absolute Gasteiger partial charge is 0.412 e. The van der Waals surface area contributed by atoms with Crippen LogP contribution < -0.4 is 0 Å². The topological polar surface area (TPSA) is 188 Å². The van der Waals surface area contributed by atoms with Crippen LogP contribution in [-0.4, -0.2) is 161 Å². The van der Waals surface area contributed by atoms with Gasteiger partial charge in [-0.05, 0) is 6.92 Å². The van der Waals surface area contributed by atoms with Gasteiger partial charge in [-0.3, -0.25) is 19.6 Å². The monoisotopic (exact) mass is 574 g/mol. The first-order valence-electron chi connectivity index (χ1n) is 9.49. The Balaban J connectivity index is -0.000000781. The Morgan fingerprint density at radius 1 is 0.586 bits per heavy atom. The van der Waals surface area contributed by atoms with Crippen LogP contribution in [0.5, 0.6) is 0 Å². The average Bonchev–Trinajstić information content (AvgIpc) is 2.57. The van der Waals surface area contributed by atoms with Gasteiger partial charge in [-0.1, -0.05) is 0 Å². The van der Waals surface area contributed by atoms with Crippen LogP contribution in [0.25, 0.3) is 0 Å². The van der Waals surface area contributed by atoms with Crippen LogP contribution in [0.2, 0.25) is 0 Å². The Morgan fingerprint density at radius 3 is 1.03 bits per heavy atom. The van der Waals surface area contributed by atoms with Crippen LogP contribution in [0.3, 0.4) is 0 Å². The van der Waals surface area contributed by atoms with Gasteiger partial charge in [0.1, 0.15) is 0 Å². The summed E-state index contributed by atoms with van der Waals surface area (Å²) in [5, 5.41) is 37.6. The SMILES string of the molecule is CC(O)CN1CCN(CCO)CCN(CCO)CCN(CCO)CC1.O.O.O.[Gd]. The fourth-order valence-corrected chi connectivity index (χ4v) is 3.23. The van der Waals surface area contributed by atoms with Crippen LogP contribution in [-0.2, 0) is 0 Å². The van der Waals surface area contributed by atoms with Gasteiger partial charge in [0.15, 0.2) is 0 Å². The number of aliphatic hydroxyl groups excluding tert-OH is 4. The molecule has 0 saturated carbocycles. The maximum atomic E-state index is 9.75. The van der Waals surface area contributed by atoms with E-state index in [2.05, 4.69) is 19.6 Å². The smallest absolute Gasteiger partial charge is 0.0639 e. The first kappa shape index (κ1) is 37.2. The van der Waals surface area contributed by atoms with Crippen molar-refractivity contribution < 1.29 is 76.8 Å². The van der Waals surface area contributed by atoms with Crippen LogP contribution in [0.15, 0.2) is 0 Å². The number of aliphatic hydroxyl groups is 4. The summed E-state index contributed by atoms with van der Waals surface area (Å²) < 4.78 is 0. The first-order valence-corrected chi connectivity index (χ1v) is 9.49. The number of hydrogen-bond donors (Lipinski definition) is 4. The molecule has 10 N–H and O–H groups in total. The predicted octanol–water partition coefficient (Wildman–Crippen LogP) is -4.91. The van der Waals surface area contributed by atoms with E-state index in [1.54, 1.807) is 6.92 Å². The van der Waals surface area contributed by atoms with Gasteiger partial charge in [0.2, 0.25) is 0 Å². The minimum absolute atomic E-state index is 0. The molecule has 1 rings (SSSR count). The van der Waals surface area contributed by atoms with E-state index < -0.39 is 0 Å². The second-order valence-corrected chi connectivity index (χ2v) is 6.85. The molecule has 12 heteroatoms. The maximum absolute atomic E-state index is 9.75. The molecule has 0 aliphatic carbocycles. The van der Waals surface area contributed by atoms with Crippen LogP contribution in [0, 0.1) is 39.9 Å². The predicted molar refractivity (Wildman–Crippen MR) is 110 cm³/mol. The summed E-state index contributed by atoms with van der Waals surface area (Å²) >= 11 is 0. The van der Waals surface area contributed by atoms with Gasteiger partial charge >= 0.3 is 0 Å². The molecule has 182 valence electrons. The Hall–Kier alpha value is 0.885. The summed E-state index contributed by atoms with van der Waals surface area (Å²) in [7, 11) is 0. The third kappa shape index (κ3) is 18.2. The van der Waals surface area contributed by atoms with Gasteiger partial charge in [0, 0.05) is 118 Å². The van der Waals surface area contributed by atoms with E-state index in [1.807, 2.05) is 0 Å². The molecular weight excluding hydrogens is 529 g/mol. The van der Waals surface area contributed by atoms with Crippen molar-refractivity contribution in [2.75, 3.05) is 98.4 Å². The second-order valence-electron chi connectivity index (χ2n) is 6.85. The summed E-state index contributed by atoms with van der Waals surface area (Å²) in [6.07, 6.45) is -0.370. The van der Waals surface area contributed by atoms with Gasteiger partial charge in [-0.15, -0.1) is 0 Å². The molecule has 0 aromatic heterocycles. The number of rotatable bonds is 8. The van der Waals surface area contributed by atoms with Crippen molar-refractivity contribution in [1.82, 2.24) is 19.6 Å². The van der Waals surface area contributed by atoms with Crippen LogP contribution in [0.1, 0.15) is 6.92 Å². The standard InChI is InChI=1S/C17H38N4O4.Gd.3H2O/c1-17(25)16-21-8-6-19(11-14-23)4-2-18(10-13-22)3-5-20(7-9-21)12-15-24;;;;/h17,22-25H,2-16H2,1H3;;3*1H2. The zero-order valence-corrected chi connectivity index (χ0v) is 19.9.